The van der Waals surface area contributed by atoms with Gasteiger partial charge in [0, 0.05) is 7.05 Å². The lowest BCUT2D eigenvalue weighted by Gasteiger charge is -2.15. The lowest BCUT2D eigenvalue weighted by Crippen LogP contribution is -2.35. The minimum absolute atomic E-state index is 0.212. The van der Waals surface area contributed by atoms with E-state index in [0.717, 1.165) is 18.5 Å². The second kappa shape index (κ2) is 3.43. The molecule has 1 aliphatic rings. The number of nitrogens with zero attached hydrogens (tertiary/aromatic N) is 2. The third-order valence-electron chi connectivity index (χ3n) is 2.65. The molecule has 1 fully saturated rings. The van der Waals surface area contributed by atoms with E-state index in [1.54, 1.807) is 19.4 Å². The summed E-state index contributed by atoms with van der Waals surface area (Å²) in [5.74, 6) is 4.87. The van der Waals surface area contributed by atoms with E-state index in [1.165, 1.54) is 0 Å². The number of imidazole rings is 1. The molecule has 2 rings (SSSR count). The molecule has 0 unspecified atom stereocenters. The van der Waals surface area contributed by atoms with Gasteiger partial charge in [-0.1, -0.05) is 5.92 Å². The van der Waals surface area contributed by atoms with E-state index in [9.17, 15) is 4.79 Å². The number of rotatable bonds is 2. The molecule has 0 atom stereocenters. The van der Waals surface area contributed by atoms with E-state index in [1.807, 2.05) is 11.6 Å². The van der Waals surface area contributed by atoms with Gasteiger partial charge in [0.2, 0.25) is 0 Å². The SMILES string of the molecule is CC#CC(=O)NC1(c2cncn2C)CC1. The van der Waals surface area contributed by atoms with Crippen LogP contribution in [0.3, 0.4) is 0 Å². The summed E-state index contributed by atoms with van der Waals surface area (Å²) in [5, 5.41) is 2.94. The molecular weight excluding hydrogens is 190 g/mol. The fourth-order valence-electron chi connectivity index (χ4n) is 1.75. The van der Waals surface area contributed by atoms with Gasteiger partial charge in [0.1, 0.15) is 0 Å². The van der Waals surface area contributed by atoms with Crippen molar-refractivity contribution < 1.29 is 4.79 Å². The first-order chi connectivity index (χ1) is 7.18. The lowest BCUT2D eigenvalue weighted by atomic mass is 10.2. The van der Waals surface area contributed by atoms with Gasteiger partial charge < -0.3 is 9.88 Å². The summed E-state index contributed by atoms with van der Waals surface area (Å²) in [5.41, 5.74) is 0.834. The average molecular weight is 203 g/mol. The molecule has 15 heavy (non-hydrogen) atoms. The van der Waals surface area contributed by atoms with Crippen molar-refractivity contribution in [3.63, 3.8) is 0 Å². The van der Waals surface area contributed by atoms with Gasteiger partial charge in [-0.15, -0.1) is 0 Å². The second-order valence-corrected chi connectivity index (χ2v) is 3.80. The van der Waals surface area contributed by atoms with Crippen LogP contribution in [0.15, 0.2) is 12.5 Å². The highest BCUT2D eigenvalue weighted by Crippen LogP contribution is 2.44. The Balaban J connectivity index is 2.17. The second-order valence-electron chi connectivity index (χ2n) is 3.80. The first-order valence-electron chi connectivity index (χ1n) is 4.90. The smallest absolute Gasteiger partial charge is 0.296 e. The molecule has 0 radical (unpaired) electrons. The van der Waals surface area contributed by atoms with E-state index in [0.29, 0.717) is 0 Å². The topological polar surface area (TPSA) is 46.9 Å². The minimum atomic E-state index is -0.216. The first-order valence-corrected chi connectivity index (χ1v) is 4.90. The number of aryl methyl sites for hydroxylation is 1. The van der Waals surface area contributed by atoms with Crippen molar-refractivity contribution in [2.45, 2.75) is 25.3 Å². The van der Waals surface area contributed by atoms with Gasteiger partial charge in [-0.25, -0.2) is 4.98 Å². The fourth-order valence-corrected chi connectivity index (χ4v) is 1.75. The Morgan fingerprint density at radius 2 is 2.40 bits per heavy atom. The number of carbonyl (C=O) groups excluding carboxylic acids is 1. The van der Waals surface area contributed by atoms with Crippen molar-refractivity contribution in [2.75, 3.05) is 0 Å². The van der Waals surface area contributed by atoms with Crippen LogP contribution in [0, 0.1) is 11.8 Å². The van der Waals surface area contributed by atoms with Crippen molar-refractivity contribution in [1.29, 1.82) is 0 Å². The highest BCUT2D eigenvalue weighted by molar-refractivity contribution is 5.94. The summed E-state index contributed by atoms with van der Waals surface area (Å²) in [6.07, 6.45) is 5.47. The van der Waals surface area contributed by atoms with E-state index in [2.05, 4.69) is 22.1 Å². The van der Waals surface area contributed by atoms with Gasteiger partial charge in [-0.3, -0.25) is 4.79 Å². The number of hydrogen-bond donors (Lipinski definition) is 1. The summed E-state index contributed by atoms with van der Waals surface area (Å²) in [4.78, 5) is 15.4. The van der Waals surface area contributed by atoms with Crippen molar-refractivity contribution in [2.24, 2.45) is 7.05 Å². The fraction of sp³-hybridized carbons (Fsp3) is 0.455. The van der Waals surface area contributed by atoms with Crippen molar-refractivity contribution in [1.82, 2.24) is 14.9 Å². The predicted molar refractivity (Wildman–Crippen MR) is 55.7 cm³/mol. The zero-order valence-corrected chi connectivity index (χ0v) is 8.87. The molecule has 0 bridgehead atoms. The molecule has 1 saturated carbocycles. The molecule has 1 amide bonds. The van der Waals surface area contributed by atoms with Crippen molar-refractivity contribution in [3.8, 4) is 11.8 Å². The number of aromatic nitrogens is 2. The normalized spacial score (nSPS) is 16.4. The molecule has 1 aliphatic carbocycles. The molecular formula is C11H13N3O. The summed E-state index contributed by atoms with van der Waals surface area (Å²) in [6.45, 7) is 1.66. The molecule has 0 saturated heterocycles. The molecule has 0 spiro atoms. The lowest BCUT2D eigenvalue weighted by molar-refractivity contribution is -0.116. The Morgan fingerprint density at radius 3 is 2.87 bits per heavy atom. The molecule has 0 aromatic carbocycles. The maximum Gasteiger partial charge on any atom is 0.296 e. The molecule has 4 heteroatoms. The van der Waals surface area contributed by atoms with Gasteiger partial charge in [0.05, 0.1) is 23.8 Å². The highest BCUT2D eigenvalue weighted by Gasteiger charge is 2.47. The number of amides is 1. The predicted octanol–water partition coefficient (Wildman–Crippen LogP) is 0.549. The first kappa shape index (κ1) is 9.78. The summed E-state index contributed by atoms with van der Waals surface area (Å²) < 4.78 is 1.94. The summed E-state index contributed by atoms with van der Waals surface area (Å²) in [7, 11) is 1.93. The average Bonchev–Trinajstić information content (AvgIpc) is 2.81. The molecule has 0 aliphatic heterocycles. The summed E-state index contributed by atoms with van der Waals surface area (Å²) in [6, 6.07) is 0. The van der Waals surface area contributed by atoms with Gasteiger partial charge in [-0.2, -0.15) is 0 Å². The van der Waals surface area contributed by atoms with Crippen LogP contribution in [0.5, 0.6) is 0 Å². The van der Waals surface area contributed by atoms with Gasteiger partial charge in [0.15, 0.2) is 0 Å². The zero-order chi connectivity index (χ0) is 10.9. The van der Waals surface area contributed by atoms with Gasteiger partial charge in [0.25, 0.3) is 5.91 Å². The van der Waals surface area contributed by atoms with Crippen molar-refractivity contribution >= 4 is 5.91 Å². The Bertz CT molecular complexity index is 446. The third kappa shape index (κ3) is 1.73. The number of carbonyl (C=O) groups is 1. The molecule has 78 valence electrons. The van der Waals surface area contributed by atoms with Gasteiger partial charge in [-0.05, 0) is 25.7 Å². The summed E-state index contributed by atoms with van der Waals surface area (Å²) >= 11 is 0. The molecule has 4 nitrogen and oxygen atoms in total. The molecule has 1 heterocycles. The van der Waals surface area contributed by atoms with Crippen LogP contribution in [0.25, 0.3) is 0 Å². The van der Waals surface area contributed by atoms with Crippen LogP contribution in [0.1, 0.15) is 25.5 Å². The van der Waals surface area contributed by atoms with Crippen LogP contribution in [-0.4, -0.2) is 15.5 Å². The molecule has 1 N–H and O–H groups in total. The Labute approximate surface area is 88.7 Å². The van der Waals surface area contributed by atoms with Crippen LogP contribution >= 0.6 is 0 Å². The van der Waals surface area contributed by atoms with Crippen molar-refractivity contribution in [3.05, 3.63) is 18.2 Å². The maximum atomic E-state index is 11.4. The third-order valence-corrected chi connectivity index (χ3v) is 2.65. The number of hydrogen-bond acceptors (Lipinski definition) is 2. The molecule has 1 aromatic rings. The van der Waals surface area contributed by atoms with Crippen LogP contribution in [-0.2, 0) is 17.4 Å². The van der Waals surface area contributed by atoms with E-state index in [4.69, 9.17) is 0 Å². The maximum absolute atomic E-state index is 11.4. The van der Waals surface area contributed by atoms with Gasteiger partial charge >= 0.3 is 0 Å². The number of nitrogens with one attached hydrogen (secondary N) is 1. The quantitative estimate of drug-likeness (QED) is 0.713. The standard InChI is InChI=1S/C11H13N3O/c1-3-4-10(15)13-11(5-6-11)9-7-12-8-14(9)2/h7-8H,5-6H2,1-2H3,(H,13,15). The largest absolute Gasteiger partial charge is 0.336 e. The van der Waals surface area contributed by atoms with E-state index < -0.39 is 0 Å². The minimum Gasteiger partial charge on any atom is -0.336 e. The van der Waals surface area contributed by atoms with E-state index in [-0.39, 0.29) is 11.4 Å². The van der Waals surface area contributed by atoms with E-state index >= 15 is 0 Å². The Morgan fingerprint density at radius 1 is 1.67 bits per heavy atom. The highest BCUT2D eigenvalue weighted by atomic mass is 16.1. The Hall–Kier alpha value is -1.76. The Kier molecular flexibility index (Phi) is 2.24. The molecule has 1 aromatic heterocycles. The monoisotopic (exact) mass is 203 g/mol. The zero-order valence-electron chi connectivity index (χ0n) is 8.87. The van der Waals surface area contributed by atoms with Crippen LogP contribution in [0.4, 0.5) is 0 Å². The van der Waals surface area contributed by atoms with Crippen LogP contribution in [0.2, 0.25) is 0 Å². The van der Waals surface area contributed by atoms with Crippen LogP contribution < -0.4 is 5.32 Å².